The summed E-state index contributed by atoms with van der Waals surface area (Å²) >= 11 is 0. The zero-order valence-corrected chi connectivity index (χ0v) is 13.5. The van der Waals surface area contributed by atoms with Crippen LogP contribution in [-0.4, -0.2) is 60.8 Å². The van der Waals surface area contributed by atoms with Crippen LogP contribution >= 0.6 is 0 Å². The lowest BCUT2D eigenvalue weighted by Crippen LogP contribution is -2.47. The average Bonchev–Trinajstić information content (AvgIpc) is 2.53. The summed E-state index contributed by atoms with van der Waals surface area (Å²) in [5, 5.41) is 2.95. The first kappa shape index (κ1) is 16.7. The molecule has 2 heterocycles. The number of nitrogens with one attached hydrogen (secondary N) is 1. The van der Waals surface area contributed by atoms with E-state index in [0.717, 1.165) is 26.3 Å². The molecule has 6 heteroatoms. The summed E-state index contributed by atoms with van der Waals surface area (Å²) in [5.74, 6) is 0.428. The van der Waals surface area contributed by atoms with Gasteiger partial charge in [0.2, 0.25) is 5.88 Å². The molecule has 0 saturated carbocycles. The molecule has 1 amide bonds. The Morgan fingerprint density at radius 3 is 2.68 bits per heavy atom. The number of amides is 1. The molecule has 22 heavy (non-hydrogen) atoms. The molecule has 0 aromatic carbocycles. The number of ether oxygens (including phenoxy) is 2. The van der Waals surface area contributed by atoms with Gasteiger partial charge in [0.25, 0.3) is 5.91 Å². The van der Waals surface area contributed by atoms with E-state index in [1.807, 2.05) is 13.8 Å². The van der Waals surface area contributed by atoms with Gasteiger partial charge in [-0.3, -0.25) is 9.69 Å². The normalized spacial score (nSPS) is 17.3. The Labute approximate surface area is 131 Å². The van der Waals surface area contributed by atoms with E-state index in [0.29, 0.717) is 24.0 Å². The lowest BCUT2D eigenvalue weighted by Gasteiger charge is -2.32. The summed E-state index contributed by atoms with van der Waals surface area (Å²) < 4.78 is 10.8. The maximum atomic E-state index is 12.1. The first-order valence-electron chi connectivity index (χ1n) is 7.79. The number of hydrogen-bond donors (Lipinski definition) is 1. The third kappa shape index (κ3) is 4.96. The smallest absolute Gasteiger partial charge is 0.252 e. The summed E-state index contributed by atoms with van der Waals surface area (Å²) in [7, 11) is 0. The molecule has 1 aliphatic heterocycles. The van der Waals surface area contributed by atoms with E-state index in [2.05, 4.69) is 22.1 Å². The molecule has 1 atom stereocenters. The minimum Gasteiger partial charge on any atom is -0.475 e. The van der Waals surface area contributed by atoms with Gasteiger partial charge < -0.3 is 14.8 Å². The fraction of sp³-hybridized carbons (Fsp3) is 0.625. The van der Waals surface area contributed by atoms with E-state index in [9.17, 15) is 4.79 Å². The maximum absolute atomic E-state index is 12.1. The van der Waals surface area contributed by atoms with Crippen molar-refractivity contribution in [2.24, 2.45) is 0 Å². The van der Waals surface area contributed by atoms with Crippen LogP contribution in [0.1, 0.15) is 31.1 Å². The standard InChI is InChI=1S/C16H25N3O3/c1-12(2)22-15-5-4-14(11-17-15)16(20)18-10-13(3)19-6-8-21-9-7-19/h4-5,11-13H,6-10H2,1-3H3,(H,18,20). The highest BCUT2D eigenvalue weighted by Gasteiger charge is 2.17. The molecule has 1 aliphatic rings. The molecule has 6 nitrogen and oxygen atoms in total. The third-order valence-corrected chi connectivity index (χ3v) is 3.58. The molecule has 1 fully saturated rings. The van der Waals surface area contributed by atoms with Gasteiger partial charge in [0.15, 0.2) is 0 Å². The monoisotopic (exact) mass is 307 g/mol. The van der Waals surface area contributed by atoms with E-state index in [1.54, 1.807) is 18.3 Å². The number of carbonyl (C=O) groups is 1. The van der Waals surface area contributed by atoms with Gasteiger partial charge in [-0.25, -0.2) is 4.98 Å². The SMILES string of the molecule is CC(C)Oc1ccc(C(=O)NCC(C)N2CCOCC2)cn1. The Kier molecular flexibility index (Phi) is 6.15. The minimum absolute atomic E-state index is 0.0709. The first-order chi connectivity index (χ1) is 10.6. The Bertz CT molecular complexity index is 470. The van der Waals surface area contributed by atoms with Crippen molar-refractivity contribution in [3.63, 3.8) is 0 Å². The van der Waals surface area contributed by atoms with Gasteiger partial charge in [-0.1, -0.05) is 0 Å². The van der Waals surface area contributed by atoms with Crippen LogP contribution in [0, 0.1) is 0 Å². The summed E-state index contributed by atoms with van der Waals surface area (Å²) in [6.07, 6.45) is 1.62. The van der Waals surface area contributed by atoms with Gasteiger partial charge in [-0.15, -0.1) is 0 Å². The van der Waals surface area contributed by atoms with Gasteiger partial charge in [-0.2, -0.15) is 0 Å². The number of hydrogen-bond acceptors (Lipinski definition) is 5. The Hall–Kier alpha value is -1.66. The van der Waals surface area contributed by atoms with Crippen molar-refractivity contribution in [3.05, 3.63) is 23.9 Å². The second-order valence-corrected chi connectivity index (χ2v) is 5.76. The second-order valence-electron chi connectivity index (χ2n) is 5.76. The van der Waals surface area contributed by atoms with Crippen LogP contribution in [0.25, 0.3) is 0 Å². The predicted octanol–water partition coefficient (Wildman–Crippen LogP) is 1.32. The van der Waals surface area contributed by atoms with Gasteiger partial charge in [0, 0.05) is 37.9 Å². The van der Waals surface area contributed by atoms with E-state index in [1.165, 1.54) is 0 Å². The predicted molar refractivity (Wildman–Crippen MR) is 84.2 cm³/mol. The number of nitrogens with zero attached hydrogens (tertiary/aromatic N) is 2. The van der Waals surface area contributed by atoms with E-state index in [4.69, 9.17) is 9.47 Å². The molecule has 0 spiro atoms. The van der Waals surface area contributed by atoms with Crippen LogP contribution in [0.2, 0.25) is 0 Å². The summed E-state index contributed by atoms with van der Waals surface area (Å²) in [5.41, 5.74) is 0.547. The van der Waals surface area contributed by atoms with E-state index < -0.39 is 0 Å². The van der Waals surface area contributed by atoms with Crippen molar-refractivity contribution < 1.29 is 14.3 Å². The Morgan fingerprint density at radius 1 is 1.36 bits per heavy atom. The lowest BCUT2D eigenvalue weighted by atomic mass is 10.2. The molecule has 1 unspecified atom stereocenters. The quantitative estimate of drug-likeness (QED) is 0.859. The zero-order valence-electron chi connectivity index (χ0n) is 13.5. The highest BCUT2D eigenvalue weighted by molar-refractivity contribution is 5.93. The first-order valence-corrected chi connectivity index (χ1v) is 7.79. The van der Waals surface area contributed by atoms with Crippen molar-refractivity contribution >= 4 is 5.91 Å². The summed E-state index contributed by atoms with van der Waals surface area (Å²) in [6, 6.07) is 3.75. The molecular formula is C16H25N3O3. The van der Waals surface area contributed by atoms with E-state index in [-0.39, 0.29) is 12.0 Å². The Morgan fingerprint density at radius 2 is 2.09 bits per heavy atom. The number of rotatable bonds is 6. The Balaban J connectivity index is 1.81. The largest absolute Gasteiger partial charge is 0.475 e. The third-order valence-electron chi connectivity index (χ3n) is 3.58. The summed E-state index contributed by atoms with van der Waals surface area (Å²) in [6.45, 7) is 9.97. The number of pyridine rings is 1. The number of aromatic nitrogens is 1. The lowest BCUT2D eigenvalue weighted by molar-refractivity contribution is 0.0204. The van der Waals surface area contributed by atoms with Crippen LogP contribution in [0.5, 0.6) is 5.88 Å². The van der Waals surface area contributed by atoms with Crippen LogP contribution in [-0.2, 0) is 4.74 Å². The average molecular weight is 307 g/mol. The van der Waals surface area contributed by atoms with Gasteiger partial charge in [0.05, 0.1) is 24.9 Å². The second kappa shape index (κ2) is 8.10. The molecule has 0 bridgehead atoms. The highest BCUT2D eigenvalue weighted by Crippen LogP contribution is 2.09. The van der Waals surface area contributed by atoms with Crippen molar-refractivity contribution in [1.82, 2.24) is 15.2 Å². The molecule has 0 radical (unpaired) electrons. The maximum Gasteiger partial charge on any atom is 0.252 e. The van der Waals surface area contributed by atoms with Crippen molar-refractivity contribution in [3.8, 4) is 5.88 Å². The molecule has 2 rings (SSSR count). The van der Waals surface area contributed by atoms with Crippen LogP contribution in [0.15, 0.2) is 18.3 Å². The molecular weight excluding hydrogens is 282 g/mol. The van der Waals surface area contributed by atoms with Crippen LogP contribution in [0.4, 0.5) is 0 Å². The van der Waals surface area contributed by atoms with Crippen molar-refractivity contribution in [1.29, 1.82) is 0 Å². The molecule has 122 valence electrons. The molecule has 1 saturated heterocycles. The minimum atomic E-state index is -0.108. The molecule has 1 aromatic rings. The molecule has 1 aromatic heterocycles. The topological polar surface area (TPSA) is 63.7 Å². The number of morpholine rings is 1. The van der Waals surface area contributed by atoms with Crippen molar-refractivity contribution in [2.75, 3.05) is 32.8 Å². The molecule has 1 N–H and O–H groups in total. The fourth-order valence-electron chi connectivity index (χ4n) is 2.32. The van der Waals surface area contributed by atoms with Crippen molar-refractivity contribution in [2.45, 2.75) is 32.9 Å². The highest BCUT2D eigenvalue weighted by atomic mass is 16.5. The van der Waals surface area contributed by atoms with Gasteiger partial charge in [-0.05, 0) is 26.8 Å². The van der Waals surface area contributed by atoms with Gasteiger partial charge in [0.1, 0.15) is 0 Å². The summed E-state index contributed by atoms with van der Waals surface area (Å²) in [4.78, 5) is 18.6. The van der Waals surface area contributed by atoms with Crippen LogP contribution < -0.4 is 10.1 Å². The zero-order chi connectivity index (χ0) is 15.9. The fourth-order valence-corrected chi connectivity index (χ4v) is 2.32. The molecule has 0 aliphatic carbocycles. The van der Waals surface area contributed by atoms with E-state index >= 15 is 0 Å². The van der Waals surface area contributed by atoms with Crippen LogP contribution in [0.3, 0.4) is 0 Å². The number of carbonyl (C=O) groups excluding carboxylic acids is 1. The van der Waals surface area contributed by atoms with Gasteiger partial charge >= 0.3 is 0 Å².